The molecule has 2 bridgehead atoms. The van der Waals surface area contributed by atoms with E-state index in [9.17, 15) is 8.78 Å². The van der Waals surface area contributed by atoms with Gasteiger partial charge in [0.25, 0.3) is 0 Å². The van der Waals surface area contributed by atoms with Gasteiger partial charge in [0, 0.05) is 64.2 Å². The van der Waals surface area contributed by atoms with Crippen LogP contribution in [0, 0.1) is 28.1 Å². The van der Waals surface area contributed by atoms with Crippen LogP contribution in [0.2, 0.25) is 0 Å². The molecule has 2 fully saturated rings. The Balaban J connectivity index is 0.000000336. The summed E-state index contributed by atoms with van der Waals surface area (Å²) in [4.78, 5) is 0. The SMILES string of the molecule is CC.CC.CC.CC.CC.CC.CC1(C)C2(F)CC1(F)c1ccccc12.CC1(C)CCC(C)(C)c2ccccc21.CC1(C)c2ccccc2C(C)(C)C(C)(C)C1(C)C.CC1(C)c2ccccc2C(C)(C)C2CCCC21.CCC1(CC)CCC(CC)(CC)c2ccccc21.COC1(OC)CCC(OC)(OC)c2ccccc21. The van der Waals surface area contributed by atoms with E-state index >= 15 is 0 Å². The Hall–Kier alpha value is -4.98. The van der Waals surface area contributed by atoms with E-state index in [1.807, 2.05) is 107 Å². The zero-order valence-electron chi connectivity index (χ0n) is 78.8. The fourth-order valence-corrected chi connectivity index (χ4v) is 21.0. The Kier molecular flexibility index (Phi) is 35.9. The summed E-state index contributed by atoms with van der Waals surface area (Å²) < 4.78 is 51.3. The molecule has 9 aliphatic rings. The maximum atomic E-state index is 14.5. The van der Waals surface area contributed by atoms with E-state index in [1.54, 1.807) is 99.9 Å². The van der Waals surface area contributed by atoms with Gasteiger partial charge in [-0.1, -0.05) is 387 Å². The average molecular weight is 1530 g/mol. The Morgan fingerprint density at radius 3 is 0.748 bits per heavy atom. The fourth-order valence-electron chi connectivity index (χ4n) is 21.0. The highest BCUT2D eigenvalue weighted by molar-refractivity contribution is 5.54. The lowest BCUT2D eigenvalue weighted by atomic mass is 9.40. The van der Waals surface area contributed by atoms with Crippen LogP contribution < -0.4 is 0 Å². The van der Waals surface area contributed by atoms with Gasteiger partial charge < -0.3 is 18.9 Å². The van der Waals surface area contributed by atoms with Crippen molar-refractivity contribution >= 4 is 0 Å². The molecule has 4 unspecified atom stereocenters. The highest BCUT2D eigenvalue weighted by atomic mass is 19.2. The van der Waals surface area contributed by atoms with Crippen LogP contribution in [-0.4, -0.2) is 28.4 Å². The Morgan fingerprint density at radius 1 is 0.279 bits per heavy atom. The average Bonchev–Trinajstić information content (AvgIpc) is 1.50. The van der Waals surface area contributed by atoms with Gasteiger partial charge in [-0.2, -0.15) is 0 Å². The summed E-state index contributed by atoms with van der Waals surface area (Å²) in [5.74, 6) is 0.341. The Bertz CT molecular complexity index is 3400. The molecule has 0 saturated heterocycles. The maximum Gasteiger partial charge on any atom is 0.194 e. The maximum absolute atomic E-state index is 14.5. The van der Waals surface area contributed by atoms with Crippen molar-refractivity contribution in [3.05, 3.63) is 212 Å². The first-order chi connectivity index (χ1) is 52.2. The van der Waals surface area contributed by atoms with Gasteiger partial charge in [0.15, 0.2) is 11.6 Å². The molecule has 9 aliphatic carbocycles. The van der Waals surface area contributed by atoms with E-state index in [0.29, 0.717) is 56.5 Å². The van der Waals surface area contributed by atoms with Crippen LogP contribution in [0.4, 0.5) is 8.78 Å². The number of fused-ring (bicyclic) bond motifs is 6. The van der Waals surface area contributed by atoms with Crippen molar-refractivity contribution in [1.29, 1.82) is 0 Å². The third-order valence-corrected chi connectivity index (χ3v) is 30.4. The summed E-state index contributed by atoms with van der Waals surface area (Å²) in [7, 11) is 6.64. The summed E-state index contributed by atoms with van der Waals surface area (Å²) in [5.41, 5.74) is 15.2. The molecule has 6 aromatic carbocycles. The number of alkyl halides is 2. The van der Waals surface area contributed by atoms with E-state index < -0.39 is 28.3 Å². The molecule has 4 nitrogen and oxygen atoms in total. The monoisotopic (exact) mass is 1530 g/mol. The second-order valence-electron chi connectivity index (χ2n) is 36.3. The van der Waals surface area contributed by atoms with Gasteiger partial charge in [0.05, 0.1) is 0 Å². The molecule has 0 spiro atoms. The van der Waals surface area contributed by atoms with Gasteiger partial charge in [0.2, 0.25) is 0 Å². The smallest absolute Gasteiger partial charge is 0.194 e. The standard InChI is InChI=1S/2C18H28.C17H24.C14H20O4.C14H20.C12H12F2.6C2H6/c1-15(2)13-11-9-10-12-14(13)16(3,4)18(7,8)17(15,5)6;1-5-17(6-2)13-14-18(7-3,8-4)16-12-10-9-11-15(16)17;1-16(2)12-8-5-6-9-13(12)17(3,4)15-11-7-10-14(15)16;1-15-13(16-2)9-10-14(17-3,18-4)12-8-6-5-7-11(12)13;1-13(2)9-10-14(3,4)12-8-6-5-7-11(12)13;1-10(2)11(13)7-12(10,14)9-6-4-3-5-8(9)11;6*1-2/h9-12H,1-8H3;9-12H,5-8,13-14H2,1-4H3;5-6,8-9,14-15H,7,10-11H2,1-4H3;5-8H,9-10H2,1-4H3;5-8H,9-10H2,1-4H3;3-6H,7H2,1-2H3;6*1-2H3. The summed E-state index contributed by atoms with van der Waals surface area (Å²) >= 11 is 0. The number of hydrogen-bond donors (Lipinski definition) is 0. The van der Waals surface area contributed by atoms with Crippen molar-refractivity contribution in [1.82, 2.24) is 0 Å². The van der Waals surface area contributed by atoms with Crippen LogP contribution in [0.15, 0.2) is 146 Å². The lowest BCUT2D eigenvalue weighted by Crippen LogP contribution is -2.59. The van der Waals surface area contributed by atoms with Gasteiger partial charge in [0.1, 0.15) is 11.3 Å². The van der Waals surface area contributed by atoms with Gasteiger partial charge in [-0.05, 0) is 186 Å². The minimum Gasteiger partial charge on any atom is -0.349 e. The van der Waals surface area contributed by atoms with Gasteiger partial charge in [-0.15, -0.1) is 0 Å². The first-order valence-corrected chi connectivity index (χ1v) is 44.3. The highest BCUT2D eigenvalue weighted by Crippen LogP contribution is 2.77. The quantitative estimate of drug-likeness (QED) is 0.142. The molecule has 111 heavy (non-hydrogen) atoms. The summed E-state index contributed by atoms with van der Waals surface area (Å²) in [6.45, 7) is 75.5. The first-order valence-electron chi connectivity index (χ1n) is 44.3. The molecule has 6 aromatic rings. The topological polar surface area (TPSA) is 36.9 Å². The molecule has 15 rings (SSSR count). The number of methoxy groups -OCH3 is 4. The van der Waals surface area contributed by atoms with Crippen LogP contribution >= 0.6 is 0 Å². The zero-order valence-corrected chi connectivity index (χ0v) is 78.8. The minimum atomic E-state index is -1.45. The summed E-state index contributed by atoms with van der Waals surface area (Å²) in [5, 5.41) is 0. The van der Waals surface area contributed by atoms with E-state index in [-0.39, 0.29) is 28.1 Å². The van der Waals surface area contributed by atoms with Crippen molar-refractivity contribution in [2.45, 2.75) is 392 Å². The third kappa shape index (κ3) is 17.7. The predicted octanol–water partition coefficient (Wildman–Crippen LogP) is 31.6. The Labute approximate surface area is 684 Å². The molecule has 4 atom stereocenters. The number of rotatable bonds is 8. The lowest BCUT2D eigenvalue weighted by molar-refractivity contribution is -0.278. The number of benzene rings is 6. The molecule has 0 N–H and O–H groups in total. The van der Waals surface area contributed by atoms with Crippen LogP contribution in [0.3, 0.4) is 0 Å². The molecule has 0 heterocycles. The van der Waals surface area contributed by atoms with Crippen LogP contribution in [0.25, 0.3) is 0 Å². The first kappa shape index (κ1) is 100. The van der Waals surface area contributed by atoms with E-state index in [0.717, 1.165) is 23.0 Å². The number of ether oxygens (including phenoxy) is 4. The van der Waals surface area contributed by atoms with Gasteiger partial charge >= 0.3 is 0 Å². The molecule has 2 saturated carbocycles. The summed E-state index contributed by atoms with van der Waals surface area (Å²) in [6, 6.07) is 51.3. The molecule has 0 aromatic heterocycles. The number of halogens is 2. The molecule has 0 aliphatic heterocycles. The van der Waals surface area contributed by atoms with Crippen molar-refractivity contribution in [2.24, 2.45) is 28.1 Å². The third-order valence-electron chi connectivity index (χ3n) is 30.4. The second-order valence-corrected chi connectivity index (χ2v) is 36.3. The van der Waals surface area contributed by atoms with Crippen LogP contribution in [-0.2, 0) is 85.2 Å². The van der Waals surface area contributed by atoms with E-state index in [1.165, 1.54) is 81.8 Å². The molecule has 0 radical (unpaired) electrons. The van der Waals surface area contributed by atoms with Gasteiger partial charge in [-0.3, -0.25) is 0 Å². The fraction of sp³-hybridized carbons (Fsp3) is 0.657. The van der Waals surface area contributed by atoms with E-state index in [2.05, 4.69) is 236 Å². The molecule has 0 amide bonds. The molecule has 626 valence electrons. The molecular weight excluding hydrogens is 1360 g/mol. The van der Waals surface area contributed by atoms with Crippen LogP contribution in [0.5, 0.6) is 0 Å². The Morgan fingerprint density at radius 2 is 0.505 bits per heavy atom. The summed E-state index contributed by atoms with van der Waals surface area (Å²) in [6.07, 6.45) is 16.1. The minimum absolute atomic E-state index is 0.00630. The zero-order chi connectivity index (χ0) is 85.3. The normalized spacial score (nSPS) is 24.4. The van der Waals surface area contributed by atoms with Crippen molar-refractivity contribution in [2.75, 3.05) is 28.4 Å². The van der Waals surface area contributed by atoms with Crippen molar-refractivity contribution in [3.8, 4) is 0 Å². The highest BCUT2D eigenvalue weighted by Gasteiger charge is 2.79. The second kappa shape index (κ2) is 39.8. The predicted molar refractivity (Wildman–Crippen MR) is 481 cm³/mol. The molecular formula is C105H168F2O4. The molecule has 6 heteroatoms. The van der Waals surface area contributed by atoms with Crippen molar-refractivity contribution in [3.63, 3.8) is 0 Å². The van der Waals surface area contributed by atoms with Gasteiger partial charge in [-0.25, -0.2) is 8.78 Å². The van der Waals surface area contributed by atoms with E-state index in [4.69, 9.17) is 18.9 Å². The largest absolute Gasteiger partial charge is 0.349 e. The van der Waals surface area contributed by atoms with Crippen molar-refractivity contribution < 1.29 is 27.7 Å². The number of hydrogen-bond acceptors (Lipinski definition) is 4. The van der Waals surface area contributed by atoms with Crippen LogP contribution in [0.1, 0.15) is 392 Å². The lowest BCUT2D eigenvalue weighted by Gasteiger charge is -2.64.